The maximum atomic E-state index is 6.13. The summed E-state index contributed by atoms with van der Waals surface area (Å²) in [6, 6.07) is 5.62. The van der Waals surface area contributed by atoms with Gasteiger partial charge in [-0.2, -0.15) is 4.98 Å². The summed E-state index contributed by atoms with van der Waals surface area (Å²) in [6.07, 6.45) is 1.53. The summed E-state index contributed by atoms with van der Waals surface area (Å²) < 4.78 is 10.6. The van der Waals surface area contributed by atoms with Crippen LogP contribution in [0.2, 0.25) is 5.02 Å². The summed E-state index contributed by atoms with van der Waals surface area (Å²) in [5.74, 6) is 1.71. The third kappa shape index (κ3) is 3.68. The number of hydrogen-bond acceptors (Lipinski definition) is 5. The fraction of sp³-hybridized carbons (Fsp3) is 0.385. The quantitative estimate of drug-likeness (QED) is 0.880. The van der Waals surface area contributed by atoms with Crippen LogP contribution in [0.3, 0.4) is 0 Å². The highest BCUT2D eigenvalue weighted by molar-refractivity contribution is 6.32. The van der Waals surface area contributed by atoms with Crippen molar-refractivity contribution in [2.75, 3.05) is 6.54 Å². The molecule has 0 aliphatic rings. The number of aryl methyl sites for hydroxylation is 1. The van der Waals surface area contributed by atoms with Crippen molar-refractivity contribution in [3.05, 3.63) is 40.5 Å². The summed E-state index contributed by atoms with van der Waals surface area (Å²) in [4.78, 5) is 4.16. The number of nitrogens with zero attached hydrogens (tertiary/aromatic N) is 2. The Morgan fingerprint density at radius 2 is 2.26 bits per heavy atom. The molecule has 0 aliphatic carbocycles. The number of aromatic nitrogens is 2. The second kappa shape index (κ2) is 6.54. The zero-order chi connectivity index (χ0) is 13.7. The first-order valence-corrected chi connectivity index (χ1v) is 6.53. The highest BCUT2D eigenvalue weighted by Crippen LogP contribution is 2.26. The summed E-state index contributed by atoms with van der Waals surface area (Å²) in [5, 5.41) is 4.35. The average Bonchev–Trinajstić information content (AvgIpc) is 2.86. The highest BCUT2D eigenvalue weighted by atomic mass is 35.5. The predicted molar refractivity (Wildman–Crippen MR) is 72.2 cm³/mol. The van der Waals surface area contributed by atoms with Crippen LogP contribution in [0, 0.1) is 0 Å². The lowest BCUT2D eigenvalue weighted by molar-refractivity contribution is 0.242. The molecule has 0 atom stereocenters. The summed E-state index contributed by atoms with van der Waals surface area (Å²) in [7, 11) is 0. The van der Waals surface area contributed by atoms with E-state index in [1.807, 2.05) is 25.1 Å². The highest BCUT2D eigenvalue weighted by Gasteiger charge is 2.08. The summed E-state index contributed by atoms with van der Waals surface area (Å²) >= 11 is 6.13. The summed E-state index contributed by atoms with van der Waals surface area (Å²) in [5.41, 5.74) is 6.59. The molecule has 2 N–H and O–H groups in total. The first-order valence-electron chi connectivity index (χ1n) is 6.15. The molecule has 19 heavy (non-hydrogen) atoms. The van der Waals surface area contributed by atoms with Crippen molar-refractivity contribution in [3.8, 4) is 5.75 Å². The van der Waals surface area contributed by atoms with Crippen LogP contribution in [0.5, 0.6) is 5.75 Å². The second-order valence-corrected chi connectivity index (χ2v) is 4.46. The van der Waals surface area contributed by atoms with Crippen molar-refractivity contribution in [3.63, 3.8) is 0 Å². The molecule has 2 rings (SSSR count). The molecule has 0 amide bonds. The molecule has 0 saturated heterocycles. The van der Waals surface area contributed by atoms with Gasteiger partial charge in [-0.25, -0.2) is 0 Å². The van der Waals surface area contributed by atoms with Crippen LogP contribution >= 0.6 is 11.6 Å². The van der Waals surface area contributed by atoms with Crippen molar-refractivity contribution in [1.29, 1.82) is 0 Å². The molecule has 0 spiro atoms. The van der Waals surface area contributed by atoms with Gasteiger partial charge in [0.1, 0.15) is 5.75 Å². The molecule has 102 valence electrons. The normalized spacial score (nSPS) is 10.7. The van der Waals surface area contributed by atoms with E-state index >= 15 is 0 Å². The average molecular weight is 282 g/mol. The molecule has 0 fully saturated rings. The van der Waals surface area contributed by atoms with Gasteiger partial charge in [-0.3, -0.25) is 0 Å². The van der Waals surface area contributed by atoms with Crippen molar-refractivity contribution < 1.29 is 9.26 Å². The minimum Gasteiger partial charge on any atom is -0.482 e. The SMILES string of the molecule is CCc1noc(COc2ccc(CCN)cc2Cl)n1. The van der Waals surface area contributed by atoms with Crippen LogP contribution < -0.4 is 10.5 Å². The van der Waals surface area contributed by atoms with Crippen LogP contribution in [0.25, 0.3) is 0 Å². The molecule has 0 radical (unpaired) electrons. The molecular formula is C13H16ClN3O2. The number of hydrogen-bond donors (Lipinski definition) is 1. The Morgan fingerprint density at radius 3 is 2.89 bits per heavy atom. The molecule has 1 heterocycles. The molecular weight excluding hydrogens is 266 g/mol. The van der Waals surface area contributed by atoms with Gasteiger partial charge in [0.2, 0.25) is 0 Å². The lowest BCUT2D eigenvalue weighted by Gasteiger charge is -2.07. The van der Waals surface area contributed by atoms with Gasteiger partial charge in [0.15, 0.2) is 12.4 Å². The number of nitrogens with two attached hydrogens (primary N) is 1. The van der Waals surface area contributed by atoms with Gasteiger partial charge in [0.25, 0.3) is 5.89 Å². The third-order valence-electron chi connectivity index (χ3n) is 2.61. The Kier molecular flexibility index (Phi) is 4.76. The zero-order valence-corrected chi connectivity index (χ0v) is 11.5. The molecule has 0 aliphatic heterocycles. The van der Waals surface area contributed by atoms with Crippen LogP contribution in [0.15, 0.2) is 22.7 Å². The number of halogens is 1. The molecule has 1 aromatic heterocycles. The topological polar surface area (TPSA) is 74.2 Å². The van der Waals surface area contributed by atoms with Crippen molar-refractivity contribution in [2.45, 2.75) is 26.4 Å². The fourth-order valence-electron chi connectivity index (χ4n) is 1.62. The van der Waals surface area contributed by atoms with E-state index in [4.69, 9.17) is 26.6 Å². The largest absolute Gasteiger partial charge is 0.482 e. The van der Waals surface area contributed by atoms with Crippen LogP contribution in [-0.4, -0.2) is 16.7 Å². The Labute approximate surface area is 116 Å². The minimum atomic E-state index is 0.211. The molecule has 2 aromatic rings. The monoisotopic (exact) mass is 281 g/mol. The lowest BCUT2D eigenvalue weighted by Crippen LogP contribution is -2.03. The Bertz CT molecular complexity index is 542. The Morgan fingerprint density at radius 1 is 1.42 bits per heavy atom. The van der Waals surface area contributed by atoms with Gasteiger partial charge in [-0.15, -0.1) is 0 Å². The van der Waals surface area contributed by atoms with E-state index in [1.54, 1.807) is 0 Å². The molecule has 1 aromatic carbocycles. The van der Waals surface area contributed by atoms with Gasteiger partial charge in [-0.1, -0.05) is 29.7 Å². The van der Waals surface area contributed by atoms with E-state index in [2.05, 4.69) is 10.1 Å². The van der Waals surface area contributed by atoms with Crippen molar-refractivity contribution >= 4 is 11.6 Å². The number of ether oxygens (including phenoxy) is 1. The Hall–Kier alpha value is -1.59. The van der Waals surface area contributed by atoms with Crippen molar-refractivity contribution in [2.24, 2.45) is 5.73 Å². The van der Waals surface area contributed by atoms with Gasteiger partial charge in [0.05, 0.1) is 5.02 Å². The van der Waals surface area contributed by atoms with Gasteiger partial charge in [-0.05, 0) is 30.7 Å². The fourth-order valence-corrected chi connectivity index (χ4v) is 1.87. The zero-order valence-electron chi connectivity index (χ0n) is 10.7. The molecule has 5 nitrogen and oxygen atoms in total. The van der Waals surface area contributed by atoms with E-state index in [0.29, 0.717) is 29.0 Å². The maximum absolute atomic E-state index is 6.13. The van der Waals surface area contributed by atoms with E-state index in [-0.39, 0.29) is 6.61 Å². The smallest absolute Gasteiger partial charge is 0.264 e. The van der Waals surface area contributed by atoms with Crippen LogP contribution in [0.4, 0.5) is 0 Å². The molecule has 0 saturated carbocycles. The maximum Gasteiger partial charge on any atom is 0.264 e. The van der Waals surface area contributed by atoms with E-state index < -0.39 is 0 Å². The summed E-state index contributed by atoms with van der Waals surface area (Å²) in [6.45, 7) is 2.77. The lowest BCUT2D eigenvalue weighted by atomic mass is 10.1. The molecule has 6 heteroatoms. The van der Waals surface area contributed by atoms with E-state index in [9.17, 15) is 0 Å². The van der Waals surface area contributed by atoms with Gasteiger partial charge in [0, 0.05) is 6.42 Å². The standard InChI is InChI=1S/C13H16ClN3O2/c1-2-12-16-13(19-17-12)8-18-11-4-3-9(5-6-15)7-10(11)14/h3-4,7H,2,5-6,8,15H2,1H3. The van der Waals surface area contributed by atoms with Gasteiger partial charge < -0.3 is 15.0 Å². The van der Waals surface area contributed by atoms with E-state index in [1.165, 1.54) is 0 Å². The molecule has 0 bridgehead atoms. The number of benzene rings is 1. The first-order chi connectivity index (χ1) is 9.22. The van der Waals surface area contributed by atoms with E-state index in [0.717, 1.165) is 18.4 Å². The van der Waals surface area contributed by atoms with Gasteiger partial charge >= 0.3 is 0 Å². The van der Waals surface area contributed by atoms with Crippen LogP contribution in [0.1, 0.15) is 24.2 Å². The second-order valence-electron chi connectivity index (χ2n) is 4.05. The molecule has 0 unspecified atom stereocenters. The van der Waals surface area contributed by atoms with Crippen molar-refractivity contribution in [1.82, 2.24) is 10.1 Å². The first kappa shape index (κ1) is 13.8. The number of rotatable bonds is 6. The third-order valence-corrected chi connectivity index (χ3v) is 2.90. The predicted octanol–water partition coefficient (Wildman–Crippen LogP) is 2.37. The Balaban J connectivity index is 1.99. The minimum absolute atomic E-state index is 0.211. The van der Waals surface area contributed by atoms with Crippen LogP contribution in [-0.2, 0) is 19.4 Å².